The van der Waals surface area contributed by atoms with Crippen molar-refractivity contribution in [3.05, 3.63) is 52.0 Å². The SMILES string of the molecule is COc1cc(C(=O)O)ccc1OCCOc1ccc(Cl)cc1Cl. The minimum absolute atomic E-state index is 0.124. The minimum atomic E-state index is -1.03. The van der Waals surface area contributed by atoms with Gasteiger partial charge in [0, 0.05) is 5.02 Å². The monoisotopic (exact) mass is 356 g/mol. The number of rotatable bonds is 7. The van der Waals surface area contributed by atoms with Crippen LogP contribution in [0.3, 0.4) is 0 Å². The van der Waals surface area contributed by atoms with Crippen molar-refractivity contribution in [1.29, 1.82) is 0 Å². The van der Waals surface area contributed by atoms with Crippen LogP contribution in [-0.4, -0.2) is 31.4 Å². The topological polar surface area (TPSA) is 65.0 Å². The molecule has 0 saturated heterocycles. The fourth-order valence-electron chi connectivity index (χ4n) is 1.82. The van der Waals surface area contributed by atoms with Gasteiger partial charge in [0.25, 0.3) is 0 Å². The lowest BCUT2D eigenvalue weighted by atomic mass is 10.2. The molecule has 0 fully saturated rings. The summed E-state index contributed by atoms with van der Waals surface area (Å²) < 4.78 is 16.2. The number of carboxylic acid groups (broad SMARTS) is 1. The third kappa shape index (κ3) is 4.68. The van der Waals surface area contributed by atoms with Crippen molar-refractivity contribution in [2.45, 2.75) is 0 Å². The van der Waals surface area contributed by atoms with E-state index in [1.165, 1.54) is 25.3 Å². The zero-order chi connectivity index (χ0) is 16.8. The third-order valence-corrected chi connectivity index (χ3v) is 3.43. The van der Waals surface area contributed by atoms with Crippen LogP contribution < -0.4 is 14.2 Å². The maximum absolute atomic E-state index is 10.9. The Morgan fingerprint density at radius 2 is 1.65 bits per heavy atom. The Morgan fingerprint density at radius 1 is 1.00 bits per heavy atom. The van der Waals surface area contributed by atoms with Crippen molar-refractivity contribution in [3.8, 4) is 17.2 Å². The molecule has 0 heterocycles. The molecule has 122 valence electrons. The first-order chi connectivity index (χ1) is 11.0. The summed E-state index contributed by atoms with van der Waals surface area (Å²) >= 11 is 11.8. The van der Waals surface area contributed by atoms with E-state index in [2.05, 4.69) is 0 Å². The van der Waals surface area contributed by atoms with Gasteiger partial charge in [-0.15, -0.1) is 0 Å². The van der Waals surface area contributed by atoms with Gasteiger partial charge in [0.15, 0.2) is 11.5 Å². The minimum Gasteiger partial charge on any atom is -0.493 e. The summed E-state index contributed by atoms with van der Waals surface area (Å²) in [7, 11) is 1.44. The van der Waals surface area contributed by atoms with Gasteiger partial charge in [0.2, 0.25) is 0 Å². The molecule has 7 heteroatoms. The van der Waals surface area contributed by atoms with Gasteiger partial charge >= 0.3 is 5.97 Å². The summed E-state index contributed by atoms with van der Waals surface area (Å²) in [5, 5.41) is 9.89. The highest BCUT2D eigenvalue weighted by Gasteiger charge is 2.10. The Balaban J connectivity index is 1.92. The smallest absolute Gasteiger partial charge is 0.335 e. The van der Waals surface area contributed by atoms with Gasteiger partial charge in [-0.2, -0.15) is 0 Å². The predicted octanol–water partition coefficient (Wildman–Crippen LogP) is 4.16. The lowest BCUT2D eigenvalue weighted by Crippen LogP contribution is -2.10. The fraction of sp³-hybridized carbons (Fsp3) is 0.188. The van der Waals surface area contributed by atoms with Gasteiger partial charge in [0.05, 0.1) is 17.7 Å². The molecule has 0 aliphatic heterocycles. The molecule has 5 nitrogen and oxygen atoms in total. The number of methoxy groups -OCH3 is 1. The second kappa shape index (κ2) is 7.94. The second-order valence-electron chi connectivity index (χ2n) is 4.44. The van der Waals surface area contributed by atoms with E-state index in [0.717, 1.165) is 0 Å². The van der Waals surface area contributed by atoms with Crippen LogP contribution >= 0.6 is 23.2 Å². The molecule has 0 aliphatic rings. The zero-order valence-electron chi connectivity index (χ0n) is 12.2. The van der Waals surface area contributed by atoms with Gasteiger partial charge < -0.3 is 19.3 Å². The molecular weight excluding hydrogens is 343 g/mol. The van der Waals surface area contributed by atoms with Crippen molar-refractivity contribution < 1.29 is 24.1 Å². The Hall–Kier alpha value is -2.11. The lowest BCUT2D eigenvalue weighted by molar-refractivity contribution is 0.0696. The summed E-state index contributed by atoms with van der Waals surface area (Å²) in [6.07, 6.45) is 0. The van der Waals surface area contributed by atoms with E-state index in [1.807, 2.05) is 0 Å². The summed E-state index contributed by atoms with van der Waals surface area (Å²) in [6, 6.07) is 9.32. The molecule has 0 bridgehead atoms. The van der Waals surface area contributed by atoms with Gasteiger partial charge in [-0.25, -0.2) is 4.79 Å². The largest absolute Gasteiger partial charge is 0.493 e. The van der Waals surface area contributed by atoms with E-state index >= 15 is 0 Å². The molecule has 23 heavy (non-hydrogen) atoms. The molecule has 0 saturated carbocycles. The normalized spacial score (nSPS) is 10.2. The molecule has 0 atom stereocenters. The number of hydrogen-bond acceptors (Lipinski definition) is 4. The first-order valence-electron chi connectivity index (χ1n) is 6.63. The van der Waals surface area contributed by atoms with Crippen LogP contribution in [-0.2, 0) is 0 Å². The molecule has 2 aromatic rings. The maximum Gasteiger partial charge on any atom is 0.335 e. The molecule has 2 rings (SSSR count). The third-order valence-electron chi connectivity index (χ3n) is 2.90. The van der Waals surface area contributed by atoms with Crippen LogP contribution in [0.1, 0.15) is 10.4 Å². The summed E-state index contributed by atoms with van der Waals surface area (Å²) in [5.74, 6) is 0.251. The first-order valence-corrected chi connectivity index (χ1v) is 7.39. The predicted molar refractivity (Wildman–Crippen MR) is 87.4 cm³/mol. The maximum atomic E-state index is 10.9. The summed E-state index contributed by atoms with van der Waals surface area (Å²) in [5.41, 5.74) is 0.124. The molecule has 0 unspecified atom stereocenters. The highest BCUT2D eigenvalue weighted by Crippen LogP contribution is 2.29. The molecule has 2 aromatic carbocycles. The molecule has 0 amide bonds. The number of hydrogen-bond donors (Lipinski definition) is 1. The van der Waals surface area contributed by atoms with Crippen LogP contribution in [0, 0.1) is 0 Å². The standard InChI is InChI=1S/C16H14Cl2O5/c1-21-15-8-10(16(19)20)2-4-14(15)23-7-6-22-13-5-3-11(17)9-12(13)18/h2-5,8-9H,6-7H2,1H3,(H,19,20). The summed E-state index contributed by atoms with van der Waals surface area (Å²) in [4.78, 5) is 10.9. The van der Waals surface area contributed by atoms with Crippen LogP contribution in [0.4, 0.5) is 0 Å². The highest BCUT2D eigenvalue weighted by molar-refractivity contribution is 6.35. The molecule has 0 aliphatic carbocycles. The molecule has 0 aromatic heterocycles. The second-order valence-corrected chi connectivity index (χ2v) is 5.29. The Morgan fingerprint density at radius 3 is 2.26 bits per heavy atom. The number of carboxylic acids is 1. The Labute approximate surface area is 143 Å². The van der Waals surface area contributed by atoms with E-state index < -0.39 is 5.97 Å². The van der Waals surface area contributed by atoms with Gasteiger partial charge in [-0.05, 0) is 36.4 Å². The number of aromatic carboxylic acids is 1. The number of ether oxygens (including phenoxy) is 3. The average Bonchev–Trinajstić information content (AvgIpc) is 2.53. The molecule has 0 spiro atoms. The van der Waals surface area contributed by atoms with E-state index in [1.54, 1.807) is 18.2 Å². The molecular formula is C16H14Cl2O5. The van der Waals surface area contributed by atoms with Crippen molar-refractivity contribution in [2.75, 3.05) is 20.3 Å². The van der Waals surface area contributed by atoms with Crippen LogP contribution in [0.5, 0.6) is 17.2 Å². The lowest BCUT2D eigenvalue weighted by Gasteiger charge is -2.12. The first kappa shape index (κ1) is 17.2. The van der Waals surface area contributed by atoms with Crippen molar-refractivity contribution in [2.24, 2.45) is 0 Å². The fourth-order valence-corrected chi connectivity index (χ4v) is 2.28. The Bertz CT molecular complexity index is 703. The van der Waals surface area contributed by atoms with Crippen molar-refractivity contribution in [3.63, 3.8) is 0 Å². The van der Waals surface area contributed by atoms with Crippen molar-refractivity contribution >= 4 is 29.2 Å². The highest BCUT2D eigenvalue weighted by atomic mass is 35.5. The number of benzene rings is 2. The van der Waals surface area contributed by atoms with Gasteiger partial charge in [-0.3, -0.25) is 0 Å². The number of halogens is 2. The zero-order valence-corrected chi connectivity index (χ0v) is 13.7. The van der Waals surface area contributed by atoms with E-state index in [4.69, 9.17) is 42.5 Å². The van der Waals surface area contributed by atoms with Gasteiger partial charge in [-0.1, -0.05) is 23.2 Å². The molecule has 1 N–H and O–H groups in total. The Kier molecular flexibility index (Phi) is 5.96. The van der Waals surface area contributed by atoms with E-state index in [-0.39, 0.29) is 18.8 Å². The van der Waals surface area contributed by atoms with Crippen LogP contribution in [0.25, 0.3) is 0 Å². The molecule has 0 radical (unpaired) electrons. The van der Waals surface area contributed by atoms with E-state index in [0.29, 0.717) is 27.3 Å². The number of carbonyl (C=O) groups is 1. The van der Waals surface area contributed by atoms with Crippen molar-refractivity contribution in [1.82, 2.24) is 0 Å². The van der Waals surface area contributed by atoms with E-state index in [9.17, 15) is 4.79 Å². The quantitative estimate of drug-likeness (QED) is 0.754. The van der Waals surface area contributed by atoms with Crippen LogP contribution in [0.15, 0.2) is 36.4 Å². The average molecular weight is 357 g/mol. The summed E-state index contributed by atoms with van der Waals surface area (Å²) in [6.45, 7) is 0.493. The van der Waals surface area contributed by atoms with Crippen LogP contribution in [0.2, 0.25) is 10.0 Å². The van der Waals surface area contributed by atoms with Gasteiger partial charge in [0.1, 0.15) is 19.0 Å².